The monoisotopic (exact) mass is 286 g/mol. The number of thiophene rings is 1. The van der Waals surface area contributed by atoms with Gasteiger partial charge in [0.05, 0.1) is 12.3 Å². The maximum Gasteiger partial charge on any atom is 0.214 e. The van der Waals surface area contributed by atoms with Crippen molar-refractivity contribution in [3.63, 3.8) is 0 Å². The van der Waals surface area contributed by atoms with Gasteiger partial charge in [-0.3, -0.25) is 0 Å². The van der Waals surface area contributed by atoms with Crippen molar-refractivity contribution in [3.8, 4) is 11.8 Å². The molecule has 0 saturated carbocycles. The van der Waals surface area contributed by atoms with E-state index in [1.165, 1.54) is 15.6 Å². The summed E-state index contributed by atoms with van der Waals surface area (Å²) in [5.74, 6) is 5.89. The number of hydrogen-bond acceptors (Lipinski definition) is 4. The van der Waals surface area contributed by atoms with Crippen molar-refractivity contribution in [3.05, 3.63) is 21.9 Å². The van der Waals surface area contributed by atoms with Gasteiger partial charge in [-0.2, -0.15) is 4.31 Å². The SMILES string of the molecule is CCCS(=O)(=O)N(C)Cc1cc(C#CCN)cs1. The number of sulfonamides is 1. The Bertz CT molecular complexity index is 538. The van der Waals surface area contributed by atoms with Gasteiger partial charge in [0.2, 0.25) is 10.0 Å². The predicted molar refractivity (Wildman–Crippen MR) is 75.8 cm³/mol. The molecule has 4 nitrogen and oxygen atoms in total. The summed E-state index contributed by atoms with van der Waals surface area (Å²) in [6.45, 7) is 2.59. The minimum Gasteiger partial charge on any atom is -0.320 e. The maximum atomic E-state index is 11.8. The second kappa shape index (κ2) is 6.90. The van der Waals surface area contributed by atoms with E-state index in [2.05, 4.69) is 11.8 Å². The van der Waals surface area contributed by atoms with E-state index in [-0.39, 0.29) is 5.75 Å². The highest BCUT2D eigenvalue weighted by Crippen LogP contribution is 2.17. The van der Waals surface area contributed by atoms with Crippen molar-refractivity contribution in [1.29, 1.82) is 0 Å². The first-order valence-electron chi connectivity index (χ1n) is 5.70. The summed E-state index contributed by atoms with van der Waals surface area (Å²) in [6, 6.07) is 1.91. The van der Waals surface area contributed by atoms with Crippen LogP contribution in [0.1, 0.15) is 23.8 Å². The Balaban J connectivity index is 2.71. The Labute approximate surface area is 113 Å². The average Bonchev–Trinajstić information content (AvgIpc) is 2.74. The van der Waals surface area contributed by atoms with E-state index in [1.54, 1.807) is 7.05 Å². The van der Waals surface area contributed by atoms with Gasteiger partial charge in [-0.1, -0.05) is 18.8 Å². The molecule has 1 rings (SSSR count). The molecule has 0 spiro atoms. The largest absolute Gasteiger partial charge is 0.320 e. The fraction of sp³-hybridized carbons (Fsp3) is 0.500. The van der Waals surface area contributed by atoms with Gasteiger partial charge in [-0.15, -0.1) is 11.3 Å². The highest BCUT2D eigenvalue weighted by atomic mass is 32.2. The second-order valence-electron chi connectivity index (χ2n) is 3.88. The molecule has 18 heavy (non-hydrogen) atoms. The molecule has 0 unspecified atom stereocenters. The fourth-order valence-electron chi connectivity index (χ4n) is 1.41. The first kappa shape index (κ1) is 15.2. The van der Waals surface area contributed by atoms with Gasteiger partial charge < -0.3 is 5.73 Å². The van der Waals surface area contributed by atoms with Crippen LogP contribution >= 0.6 is 11.3 Å². The summed E-state index contributed by atoms with van der Waals surface area (Å²) in [6.07, 6.45) is 0.629. The zero-order valence-corrected chi connectivity index (χ0v) is 12.3. The summed E-state index contributed by atoms with van der Waals surface area (Å²) in [5.41, 5.74) is 6.19. The second-order valence-corrected chi connectivity index (χ2v) is 7.07. The quantitative estimate of drug-likeness (QED) is 0.828. The topological polar surface area (TPSA) is 63.4 Å². The summed E-state index contributed by atoms with van der Waals surface area (Å²) >= 11 is 1.51. The molecule has 0 fully saturated rings. The molecular formula is C12H18N2O2S2. The van der Waals surface area contributed by atoms with Crippen molar-refractivity contribution < 1.29 is 8.42 Å². The third-order valence-corrected chi connectivity index (χ3v) is 5.23. The van der Waals surface area contributed by atoms with E-state index in [9.17, 15) is 8.42 Å². The molecule has 100 valence electrons. The third kappa shape index (κ3) is 4.42. The standard InChI is InChI=1S/C12H18N2O2S2/c1-3-7-18(15,16)14(2)9-12-8-11(10-17-12)5-4-6-13/h8,10H,3,6-7,9,13H2,1-2H3. The lowest BCUT2D eigenvalue weighted by atomic mass is 10.3. The molecule has 0 saturated heterocycles. The van der Waals surface area contributed by atoms with Gasteiger partial charge in [0.25, 0.3) is 0 Å². The zero-order valence-electron chi connectivity index (χ0n) is 10.6. The Morgan fingerprint density at radius 3 is 2.83 bits per heavy atom. The average molecular weight is 286 g/mol. The van der Waals surface area contributed by atoms with Crippen molar-refractivity contribution in [2.45, 2.75) is 19.9 Å². The molecule has 6 heteroatoms. The van der Waals surface area contributed by atoms with E-state index >= 15 is 0 Å². The molecule has 0 atom stereocenters. The lowest BCUT2D eigenvalue weighted by Gasteiger charge is -2.15. The van der Waals surface area contributed by atoms with Gasteiger partial charge in [-0.05, 0) is 12.5 Å². The van der Waals surface area contributed by atoms with Crippen LogP contribution in [0.5, 0.6) is 0 Å². The molecule has 1 heterocycles. The maximum absolute atomic E-state index is 11.8. The molecule has 1 aromatic rings. The van der Waals surface area contributed by atoms with Crippen LogP contribution in [0.25, 0.3) is 0 Å². The third-order valence-electron chi connectivity index (χ3n) is 2.30. The zero-order chi connectivity index (χ0) is 13.6. The van der Waals surface area contributed by atoms with Crippen LogP contribution in [0.3, 0.4) is 0 Å². The molecule has 0 aliphatic heterocycles. The number of nitrogens with zero attached hydrogens (tertiary/aromatic N) is 1. The first-order chi connectivity index (χ1) is 8.49. The van der Waals surface area contributed by atoms with E-state index in [0.717, 1.165) is 10.4 Å². The van der Waals surface area contributed by atoms with Crippen molar-refractivity contribution in [1.82, 2.24) is 4.31 Å². The van der Waals surface area contributed by atoms with E-state index < -0.39 is 10.0 Å². The fourth-order valence-corrected chi connectivity index (χ4v) is 3.53. The lowest BCUT2D eigenvalue weighted by Crippen LogP contribution is -2.28. The molecule has 0 radical (unpaired) electrons. The highest BCUT2D eigenvalue weighted by molar-refractivity contribution is 7.89. The Kier molecular flexibility index (Phi) is 5.82. The van der Waals surface area contributed by atoms with Gasteiger partial charge in [0, 0.05) is 29.4 Å². The van der Waals surface area contributed by atoms with Crippen LogP contribution < -0.4 is 5.73 Å². The molecule has 0 amide bonds. The van der Waals surface area contributed by atoms with Crippen molar-refractivity contribution in [2.24, 2.45) is 5.73 Å². The first-order valence-corrected chi connectivity index (χ1v) is 8.19. The number of rotatable bonds is 5. The summed E-state index contributed by atoms with van der Waals surface area (Å²) < 4.78 is 25.0. The Hall–Kier alpha value is -0.870. The van der Waals surface area contributed by atoms with Gasteiger partial charge >= 0.3 is 0 Å². The molecule has 0 aromatic carbocycles. The van der Waals surface area contributed by atoms with Crippen LogP contribution in [-0.4, -0.2) is 32.1 Å². The predicted octanol–water partition coefficient (Wildman–Crippen LogP) is 1.23. The van der Waals surface area contributed by atoms with E-state index in [0.29, 0.717) is 19.5 Å². The van der Waals surface area contributed by atoms with Crippen molar-refractivity contribution >= 4 is 21.4 Å². The lowest BCUT2D eigenvalue weighted by molar-refractivity contribution is 0.469. The van der Waals surface area contributed by atoms with E-state index in [1.807, 2.05) is 18.4 Å². The van der Waals surface area contributed by atoms with Gasteiger partial charge in [0.1, 0.15) is 0 Å². The molecule has 1 aromatic heterocycles. The summed E-state index contributed by atoms with van der Waals surface area (Å²) in [4.78, 5) is 0.985. The number of nitrogens with two attached hydrogens (primary N) is 1. The smallest absolute Gasteiger partial charge is 0.214 e. The molecular weight excluding hydrogens is 268 g/mol. The van der Waals surface area contributed by atoms with Crippen LogP contribution in [0.4, 0.5) is 0 Å². The van der Waals surface area contributed by atoms with Crippen LogP contribution in [-0.2, 0) is 16.6 Å². The van der Waals surface area contributed by atoms with Crippen LogP contribution in [0, 0.1) is 11.8 Å². The Morgan fingerprint density at radius 2 is 2.22 bits per heavy atom. The Morgan fingerprint density at radius 1 is 1.50 bits per heavy atom. The minimum absolute atomic E-state index is 0.189. The molecule has 0 aliphatic rings. The molecule has 0 bridgehead atoms. The van der Waals surface area contributed by atoms with E-state index in [4.69, 9.17) is 5.73 Å². The highest BCUT2D eigenvalue weighted by Gasteiger charge is 2.17. The van der Waals surface area contributed by atoms with Gasteiger partial charge in [0.15, 0.2) is 0 Å². The molecule has 2 N–H and O–H groups in total. The van der Waals surface area contributed by atoms with Crippen LogP contribution in [0.2, 0.25) is 0 Å². The summed E-state index contributed by atoms with van der Waals surface area (Å²) in [7, 11) is -1.53. The van der Waals surface area contributed by atoms with Gasteiger partial charge in [-0.25, -0.2) is 8.42 Å². The van der Waals surface area contributed by atoms with Crippen molar-refractivity contribution in [2.75, 3.05) is 19.3 Å². The normalized spacial score (nSPS) is 11.3. The van der Waals surface area contributed by atoms with Crippen LogP contribution in [0.15, 0.2) is 11.4 Å². The minimum atomic E-state index is -3.13. The summed E-state index contributed by atoms with van der Waals surface area (Å²) in [5, 5.41) is 1.91. The number of hydrogen-bond donors (Lipinski definition) is 1. The molecule has 0 aliphatic carbocycles.